The van der Waals surface area contributed by atoms with Gasteiger partial charge >= 0.3 is 0 Å². The highest BCUT2D eigenvalue weighted by Gasteiger charge is 2.49. The van der Waals surface area contributed by atoms with Gasteiger partial charge in [0.1, 0.15) is 96.9 Å². The van der Waals surface area contributed by atoms with Crippen LogP contribution < -0.4 is 27.0 Å². The van der Waals surface area contributed by atoms with Crippen molar-refractivity contribution in [2.75, 3.05) is 151 Å². The molecule has 5 aliphatic heterocycles. The molecular formula is C82H133N24O15P5. The molecule has 10 aromatic heterocycles. The molecule has 16 N–H and O–H groups in total. The molecule has 0 aliphatic carbocycles. The van der Waals surface area contributed by atoms with Crippen LogP contribution in [-0.2, 0) is 23.7 Å². The van der Waals surface area contributed by atoms with Crippen LogP contribution in [0.3, 0.4) is 0 Å². The summed E-state index contributed by atoms with van der Waals surface area (Å²) >= 11 is 0. The Morgan fingerprint density at radius 3 is 0.960 bits per heavy atom. The van der Waals surface area contributed by atoms with Crippen LogP contribution in [0.4, 0.5) is 29.0 Å². The summed E-state index contributed by atoms with van der Waals surface area (Å²) in [5, 5.41) is 117. The molecule has 0 radical (unpaired) electrons. The summed E-state index contributed by atoms with van der Waals surface area (Å²) in [5.41, 5.74) is 12.6. The number of nitrogen functional groups attached to an aromatic ring is 1. The number of rotatable bonds is 30. The number of pyridine rings is 1. The third-order valence-electron chi connectivity index (χ3n) is 22.2. The number of aryl methyl sites for hydroxylation is 1. The topological polar surface area (TPSA) is 528 Å². The average molecular weight is 1850 g/mol. The number of imidazole rings is 5. The number of unbranched alkanes of at least 4 members (excludes halogenated alkanes) is 1. The zero-order chi connectivity index (χ0) is 91.8. The molecule has 5 saturated heterocycles. The lowest BCUT2D eigenvalue weighted by Crippen LogP contribution is -2.31. The summed E-state index contributed by atoms with van der Waals surface area (Å²) in [6.45, 7) is 25.6. The number of fused-ring (bicyclic) bond motifs is 5. The number of nitrogens with two attached hydrogens (primary N) is 1. The zero-order valence-corrected chi connectivity index (χ0v) is 79.5. The smallest absolute Gasteiger partial charge is 0.167 e. The number of hydrogen-bond acceptors (Lipinski definition) is 34. The van der Waals surface area contributed by atoms with Crippen LogP contribution in [0.5, 0.6) is 0 Å². The predicted octanol–water partition coefficient (Wildman–Crippen LogP) is 5.73. The van der Waals surface area contributed by atoms with Gasteiger partial charge in [-0.3, -0.25) is 22.8 Å². The van der Waals surface area contributed by atoms with E-state index < -0.39 is 157 Å². The van der Waals surface area contributed by atoms with Crippen molar-refractivity contribution in [1.29, 1.82) is 0 Å². The molecule has 126 heavy (non-hydrogen) atoms. The standard InChI is InChI=1S/C18H30N5O3P.C17H28N5O3P.C16H26N5O3P.C16H25N4O3P.C15H24N5O3P/c1-5-6-8-19-16-13-17(21-10-20-16)23(11-22-13)18-15(25)14(24)12(26-18)7-9-27(2,3)4;1-5-7-18-15-12-16(20-9-19-15)22(10-21-12)17-14(24)13(23)11(25-17)6-8-26(2,3)4;1-5-17-14-11-15(19-8-18-14)21(9-20-11)16-13(23)12(22)10(24-16)6-7-25(2,3)4;1-17-10-5-7-18-15-12(10)19-9-20(15)16-14(22)13(21)11(23-16)6-8-24(2,3)4;1-8-18-13(16)10-14(19-8)20(7-17-10)15-12(22)11(21)9(23-15)5-6-24(2,3)4/h10-12,14-15,18,24-25H,2,5-9H2,1,3-4H3,(H,19,20,21);9-11,13-14,17,23-24H,2,5-8H2,1,3-4H3,(H,18,19,20);8-10,12-13,16,22-23H,2,5-7H2,1,3-4H3,(H,17,18,19);5,7,9,11,13-14,16,21-22H,2,6,8H2,1,3-4H3,(H,17,18);7,9,11-12,15,21-22H,2,5-6H2,1,3-4H3,(H2,16,18,19)/t12-,14-,15-,18-;11-,13-,14-,17-;10-,12-,13-,16-;11-,13-,14-,16-;9-,11-,12-,15-/m11111/s1. The van der Waals surface area contributed by atoms with E-state index in [1.165, 1.54) is 25.3 Å². The SMILES string of the molecule is C=P(C)(C)CC[C@H]1O[C@@H](n2cnc3c(N)nc(C)nc32)[C@H](O)[C@@H]1O.C=P(C)(C)CC[C@H]1O[C@@H](n2cnc3c(NC)ccnc32)[C@H](O)[C@@H]1O.C=P(C)(C)CC[C@H]1O[C@@H](n2cnc3c(NCC)ncnc32)[C@H](O)[C@@H]1O.C=P(C)(C)CC[C@H]1O[C@@H](n2cnc3c(NCCC)ncnc32)[C@H](O)[C@@H]1O.C=P(C)(C)CC[C@H]1O[C@@H](n2cnc3c(NCCCC)ncnc32)[C@H](O)[C@@H]1O. The van der Waals surface area contributed by atoms with Crippen molar-refractivity contribution in [2.24, 2.45) is 0 Å². The maximum Gasteiger partial charge on any atom is 0.167 e. The first kappa shape index (κ1) is 99.3. The van der Waals surface area contributed by atoms with Gasteiger partial charge in [0, 0.05) is 32.9 Å². The van der Waals surface area contributed by atoms with E-state index >= 15 is 0 Å². The number of anilines is 5. The van der Waals surface area contributed by atoms with E-state index in [9.17, 15) is 51.1 Å². The quantitative estimate of drug-likeness (QED) is 0.0189. The van der Waals surface area contributed by atoms with Gasteiger partial charge in [0.05, 0.1) is 67.8 Å². The lowest BCUT2D eigenvalue weighted by atomic mass is 10.1. The first-order valence-electron chi connectivity index (χ1n) is 42.6. The van der Waals surface area contributed by atoms with Gasteiger partial charge in [0.25, 0.3) is 0 Å². The van der Waals surface area contributed by atoms with E-state index in [0.717, 1.165) is 68.8 Å². The first-order valence-corrected chi connectivity index (χ1v) is 57.9. The summed E-state index contributed by atoms with van der Waals surface area (Å²) in [5.74, 6) is 2.75. The number of aliphatic hydroxyl groups excluding tert-OH is 10. The van der Waals surface area contributed by atoms with Crippen LogP contribution in [-0.4, -0.2) is 391 Å². The van der Waals surface area contributed by atoms with Crippen molar-refractivity contribution < 1.29 is 74.7 Å². The van der Waals surface area contributed by atoms with Gasteiger partial charge in [-0.25, -0.2) is 69.8 Å². The Balaban J connectivity index is 0.000000153. The fourth-order valence-electron chi connectivity index (χ4n) is 15.2. The molecule has 5 fully saturated rings. The van der Waals surface area contributed by atoms with Gasteiger partial charge in [0.15, 0.2) is 99.2 Å². The minimum Gasteiger partial charge on any atom is -0.388 e. The van der Waals surface area contributed by atoms with E-state index in [2.05, 4.69) is 203 Å². The average Bonchev–Trinajstić information content (AvgIpc) is 1.71. The molecule has 0 saturated carbocycles. The molecule has 44 heteroatoms. The van der Waals surface area contributed by atoms with Crippen molar-refractivity contribution in [1.82, 2.24) is 92.6 Å². The highest BCUT2D eigenvalue weighted by molar-refractivity contribution is 7.73. The second-order valence-electron chi connectivity index (χ2n) is 36.3. The number of nitrogens with zero attached hydrogens (tertiary/aromatic N) is 19. The van der Waals surface area contributed by atoms with Gasteiger partial charge in [-0.2, -0.15) is 0 Å². The molecule has 696 valence electrons. The predicted molar refractivity (Wildman–Crippen MR) is 510 cm³/mol. The molecule has 0 spiro atoms. The van der Waals surface area contributed by atoms with Crippen LogP contribution in [0.25, 0.3) is 55.8 Å². The van der Waals surface area contributed by atoms with Crippen LogP contribution in [0.1, 0.15) is 109 Å². The maximum absolute atomic E-state index is 10.5. The lowest BCUT2D eigenvalue weighted by molar-refractivity contribution is -0.0353. The third kappa shape index (κ3) is 24.3. The van der Waals surface area contributed by atoms with E-state index in [1.807, 2.05) is 20.0 Å². The zero-order valence-electron chi connectivity index (χ0n) is 75.0. The van der Waals surface area contributed by atoms with Crippen LogP contribution in [0.2, 0.25) is 0 Å². The van der Waals surface area contributed by atoms with Crippen molar-refractivity contribution in [2.45, 2.75) is 202 Å². The molecular weight excluding hydrogens is 1720 g/mol. The summed E-state index contributed by atoms with van der Waals surface area (Å²) in [4.78, 5) is 60.1. The van der Waals surface area contributed by atoms with E-state index in [0.29, 0.717) is 118 Å². The van der Waals surface area contributed by atoms with Gasteiger partial charge in [-0.1, -0.05) is 20.3 Å². The van der Waals surface area contributed by atoms with Gasteiger partial charge in [-0.15, -0.1) is 65.9 Å². The highest BCUT2D eigenvalue weighted by atomic mass is 31.2. The van der Waals surface area contributed by atoms with Crippen molar-refractivity contribution in [3.8, 4) is 0 Å². The minimum absolute atomic E-state index is 0.282. The molecule has 0 unspecified atom stereocenters. The number of aromatic nitrogens is 19. The van der Waals surface area contributed by atoms with E-state index in [4.69, 9.17) is 29.4 Å². The third-order valence-corrected chi connectivity index (χ3v) is 29.6. The Hall–Kier alpha value is -7.28. The number of nitrogens with one attached hydrogen (secondary N) is 4. The monoisotopic (exact) mass is 1850 g/mol. The molecule has 0 amide bonds. The van der Waals surface area contributed by atoms with Crippen molar-refractivity contribution in [3.05, 3.63) is 68.7 Å². The van der Waals surface area contributed by atoms with Crippen molar-refractivity contribution >= 4 is 151 Å². The molecule has 20 atom stereocenters. The van der Waals surface area contributed by atoms with Crippen molar-refractivity contribution in [3.63, 3.8) is 0 Å². The van der Waals surface area contributed by atoms with E-state index in [1.54, 1.807) is 61.3 Å². The summed E-state index contributed by atoms with van der Waals surface area (Å²) < 4.78 is 38.2. The second kappa shape index (κ2) is 42.3. The summed E-state index contributed by atoms with van der Waals surface area (Å²) in [6, 6.07) is 1.84. The summed E-state index contributed by atoms with van der Waals surface area (Å²) in [7, 11) is 1.82. The molecule has 39 nitrogen and oxygen atoms in total. The van der Waals surface area contributed by atoms with Gasteiger partial charge in [-0.05, 0) is 162 Å². The Bertz CT molecular complexity index is 5530. The minimum atomic E-state index is -1.23. The molecule has 0 bridgehead atoms. The Labute approximate surface area is 735 Å². The Kier molecular flexibility index (Phi) is 33.3. The van der Waals surface area contributed by atoms with E-state index in [-0.39, 0.29) is 5.82 Å². The maximum atomic E-state index is 10.5. The van der Waals surface area contributed by atoms with Crippen LogP contribution >= 0.6 is 34.4 Å². The normalized spacial score (nSPS) is 27.0. The Morgan fingerprint density at radius 2 is 0.659 bits per heavy atom. The second-order valence-corrected chi connectivity index (χ2v) is 57.9. The first-order chi connectivity index (χ1) is 59.4. The molecule has 10 aromatic rings. The van der Waals surface area contributed by atoms with Gasteiger partial charge < -0.3 is 102 Å². The number of ether oxygens (including phenoxy) is 5. The van der Waals surface area contributed by atoms with Gasteiger partial charge in [0.2, 0.25) is 0 Å². The molecule has 15 rings (SSSR count). The van der Waals surface area contributed by atoms with Crippen LogP contribution in [0, 0.1) is 6.92 Å². The number of hydrogen-bond donors (Lipinski definition) is 15. The number of aliphatic hydroxyl groups is 10. The highest BCUT2D eigenvalue weighted by Crippen LogP contribution is 2.46. The fourth-order valence-corrected chi connectivity index (χ4v) is 20.0. The largest absolute Gasteiger partial charge is 0.388 e. The molecule has 0 aromatic carbocycles. The molecule has 15 heterocycles. The molecule has 5 aliphatic rings. The Morgan fingerprint density at radius 1 is 0.365 bits per heavy atom. The fraction of sp³-hybridized carbons (Fsp3) is 0.622. The summed E-state index contributed by atoms with van der Waals surface area (Å²) in [6.07, 6.45) is 30.1. The van der Waals surface area contributed by atoms with Crippen LogP contribution in [0.15, 0.2) is 62.9 Å². The lowest BCUT2D eigenvalue weighted by Gasteiger charge is -2.18.